The maximum Gasteiger partial charge on any atom is 0.261 e. The molecule has 0 aliphatic carbocycles. The van der Waals surface area contributed by atoms with Gasteiger partial charge in [0.15, 0.2) is 0 Å². The van der Waals surface area contributed by atoms with Crippen LogP contribution in [0.3, 0.4) is 0 Å². The molecule has 1 N–H and O–H groups in total. The number of nitrogens with zero attached hydrogens (tertiary/aromatic N) is 3. The van der Waals surface area contributed by atoms with Crippen LogP contribution in [0.15, 0.2) is 65.5 Å². The summed E-state index contributed by atoms with van der Waals surface area (Å²) in [5.41, 5.74) is 1.70. The van der Waals surface area contributed by atoms with E-state index in [1.807, 2.05) is 41.3 Å². The molecule has 7 heteroatoms. The molecule has 1 aliphatic rings. The fourth-order valence-corrected chi connectivity index (χ4v) is 3.64. The number of carbonyl (C=O) groups is 1. The number of piperazine rings is 1. The van der Waals surface area contributed by atoms with Gasteiger partial charge in [0.05, 0.1) is 5.69 Å². The standard InChI is InChI=1S/C23H19FN4O2/c24-19-7-4-8-21(18(19)15-25)27-11-13-28(14-12-27)23(30)17-9-10-20(26-22(17)29)16-5-2-1-3-6-16/h1-10H,11-14H2,(H,26,29). The first-order chi connectivity index (χ1) is 14.6. The van der Waals surface area contributed by atoms with E-state index in [0.717, 1.165) is 5.56 Å². The molecule has 3 aromatic rings. The Balaban J connectivity index is 1.48. The van der Waals surface area contributed by atoms with Gasteiger partial charge in [0.1, 0.15) is 23.0 Å². The van der Waals surface area contributed by atoms with Gasteiger partial charge in [-0.15, -0.1) is 0 Å². The van der Waals surface area contributed by atoms with E-state index in [1.165, 1.54) is 6.07 Å². The number of aromatic amines is 1. The van der Waals surface area contributed by atoms with Crippen molar-refractivity contribution in [3.05, 3.63) is 88.0 Å². The Hall–Kier alpha value is -3.92. The summed E-state index contributed by atoms with van der Waals surface area (Å²) in [6, 6.07) is 19.1. The molecule has 0 saturated carbocycles. The normalized spacial score (nSPS) is 13.7. The Morgan fingerprint density at radius 1 is 0.967 bits per heavy atom. The van der Waals surface area contributed by atoms with Crippen LogP contribution in [0.5, 0.6) is 0 Å². The predicted molar refractivity (Wildman–Crippen MR) is 112 cm³/mol. The summed E-state index contributed by atoms with van der Waals surface area (Å²) < 4.78 is 13.9. The second-order valence-corrected chi connectivity index (χ2v) is 7.01. The summed E-state index contributed by atoms with van der Waals surface area (Å²) in [6.07, 6.45) is 0. The van der Waals surface area contributed by atoms with Gasteiger partial charge in [0.2, 0.25) is 0 Å². The highest BCUT2D eigenvalue weighted by Gasteiger charge is 2.25. The number of aromatic nitrogens is 1. The van der Waals surface area contributed by atoms with E-state index in [-0.39, 0.29) is 17.0 Å². The zero-order valence-corrected chi connectivity index (χ0v) is 16.1. The van der Waals surface area contributed by atoms with E-state index in [2.05, 4.69) is 4.98 Å². The van der Waals surface area contributed by atoms with Gasteiger partial charge in [-0.1, -0.05) is 36.4 Å². The Morgan fingerprint density at radius 3 is 2.37 bits per heavy atom. The van der Waals surface area contributed by atoms with Crippen LogP contribution in [0.2, 0.25) is 0 Å². The van der Waals surface area contributed by atoms with Crippen molar-refractivity contribution in [3.63, 3.8) is 0 Å². The molecule has 150 valence electrons. The SMILES string of the molecule is N#Cc1c(F)cccc1N1CCN(C(=O)c2ccc(-c3ccccc3)[nH]c2=O)CC1. The Bertz CT molecular complexity index is 1180. The average molecular weight is 402 g/mol. The first-order valence-electron chi connectivity index (χ1n) is 9.60. The summed E-state index contributed by atoms with van der Waals surface area (Å²) >= 11 is 0. The molecule has 0 spiro atoms. The molecule has 0 bridgehead atoms. The lowest BCUT2D eigenvalue weighted by atomic mass is 10.1. The van der Waals surface area contributed by atoms with Crippen molar-refractivity contribution in [2.45, 2.75) is 0 Å². The number of pyridine rings is 1. The first-order valence-corrected chi connectivity index (χ1v) is 9.60. The highest BCUT2D eigenvalue weighted by atomic mass is 19.1. The topological polar surface area (TPSA) is 80.2 Å². The number of H-pyrrole nitrogens is 1. The van der Waals surface area contributed by atoms with Crippen molar-refractivity contribution in [1.29, 1.82) is 5.26 Å². The van der Waals surface area contributed by atoms with Crippen LogP contribution in [0, 0.1) is 17.1 Å². The number of nitriles is 1. The van der Waals surface area contributed by atoms with Crippen LogP contribution in [0.1, 0.15) is 15.9 Å². The fourth-order valence-electron chi connectivity index (χ4n) is 3.64. The summed E-state index contributed by atoms with van der Waals surface area (Å²) in [6.45, 7) is 1.65. The number of amides is 1. The van der Waals surface area contributed by atoms with Crippen LogP contribution in [-0.2, 0) is 0 Å². The molecule has 1 saturated heterocycles. The number of hydrogen-bond acceptors (Lipinski definition) is 4. The van der Waals surface area contributed by atoms with E-state index < -0.39 is 11.4 Å². The van der Waals surface area contributed by atoms with E-state index in [1.54, 1.807) is 29.2 Å². The third-order valence-corrected chi connectivity index (χ3v) is 5.24. The Kier molecular flexibility index (Phi) is 5.31. The smallest absolute Gasteiger partial charge is 0.261 e. The highest BCUT2D eigenvalue weighted by Crippen LogP contribution is 2.24. The van der Waals surface area contributed by atoms with Gasteiger partial charge >= 0.3 is 0 Å². The van der Waals surface area contributed by atoms with Crippen molar-refractivity contribution >= 4 is 11.6 Å². The lowest BCUT2D eigenvalue weighted by Gasteiger charge is -2.36. The van der Waals surface area contributed by atoms with E-state index in [4.69, 9.17) is 0 Å². The molecule has 1 fully saturated rings. The first kappa shape index (κ1) is 19.4. The van der Waals surface area contributed by atoms with Crippen molar-refractivity contribution in [2.24, 2.45) is 0 Å². The number of halogens is 1. The fraction of sp³-hybridized carbons (Fsp3) is 0.174. The van der Waals surface area contributed by atoms with Gasteiger partial charge < -0.3 is 14.8 Å². The van der Waals surface area contributed by atoms with Crippen molar-refractivity contribution in [2.75, 3.05) is 31.1 Å². The largest absolute Gasteiger partial charge is 0.367 e. The van der Waals surface area contributed by atoms with Gasteiger partial charge in [-0.3, -0.25) is 9.59 Å². The zero-order valence-electron chi connectivity index (χ0n) is 16.1. The molecule has 1 aromatic heterocycles. The molecular weight excluding hydrogens is 383 g/mol. The molecule has 0 radical (unpaired) electrons. The van der Waals surface area contributed by atoms with E-state index in [0.29, 0.717) is 37.6 Å². The predicted octanol–water partition coefficient (Wildman–Crippen LogP) is 3.02. The second kappa shape index (κ2) is 8.21. The third-order valence-electron chi connectivity index (χ3n) is 5.24. The second-order valence-electron chi connectivity index (χ2n) is 7.01. The number of carbonyl (C=O) groups excluding carboxylic acids is 1. The lowest BCUT2D eigenvalue weighted by Crippen LogP contribution is -2.49. The number of hydrogen-bond donors (Lipinski definition) is 1. The van der Waals surface area contributed by atoms with Crippen LogP contribution >= 0.6 is 0 Å². The maximum absolute atomic E-state index is 13.9. The zero-order chi connectivity index (χ0) is 21.1. The number of rotatable bonds is 3. The lowest BCUT2D eigenvalue weighted by molar-refractivity contribution is 0.0745. The number of anilines is 1. The molecule has 4 rings (SSSR count). The Morgan fingerprint density at radius 2 is 1.70 bits per heavy atom. The minimum absolute atomic E-state index is 0.00483. The van der Waals surface area contributed by atoms with Gasteiger partial charge in [0.25, 0.3) is 11.5 Å². The van der Waals surface area contributed by atoms with E-state index >= 15 is 0 Å². The minimum atomic E-state index is -0.557. The molecule has 30 heavy (non-hydrogen) atoms. The van der Waals surface area contributed by atoms with Gasteiger partial charge in [-0.2, -0.15) is 5.26 Å². The summed E-state index contributed by atoms with van der Waals surface area (Å²) in [4.78, 5) is 31.6. The molecule has 1 aliphatic heterocycles. The summed E-state index contributed by atoms with van der Waals surface area (Å²) in [7, 11) is 0. The number of nitrogens with one attached hydrogen (secondary N) is 1. The van der Waals surface area contributed by atoms with Crippen LogP contribution in [-0.4, -0.2) is 42.0 Å². The van der Waals surface area contributed by atoms with E-state index in [9.17, 15) is 19.2 Å². The molecular formula is C23H19FN4O2. The van der Waals surface area contributed by atoms with Crippen LogP contribution in [0.4, 0.5) is 10.1 Å². The van der Waals surface area contributed by atoms with Crippen molar-refractivity contribution in [1.82, 2.24) is 9.88 Å². The average Bonchev–Trinajstić information content (AvgIpc) is 2.79. The van der Waals surface area contributed by atoms with Crippen LogP contribution in [0.25, 0.3) is 11.3 Å². The number of benzene rings is 2. The van der Waals surface area contributed by atoms with Gasteiger partial charge in [-0.25, -0.2) is 4.39 Å². The molecule has 2 heterocycles. The highest BCUT2D eigenvalue weighted by molar-refractivity contribution is 5.94. The Labute approximate surface area is 172 Å². The van der Waals surface area contributed by atoms with Crippen molar-refractivity contribution in [3.8, 4) is 17.3 Å². The molecule has 6 nitrogen and oxygen atoms in total. The van der Waals surface area contributed by atoms with Crippen molar-refractivity contribution < 1.29 is 9.18 Å². The third kappa shape index (κ3) is 3.67. The minimum Gasteiger partial charge on any atom is -0.367 e. The summed E-state index contributed by atoms with van der Waals surface area (Å²) in [5, 5.41) is 9.23. The van der Waals surface area contributed by atoms with Crippen LogP contribution < -0.4 is 10.5 Å². The van der Waals surface area contributed by atoms with Gasteiger partial charge in [0, 0.05) is 31.9 Å². The quantitative estimate of drug-likeness (QED) is 0.730. The maximum atomic E-state index is 13.9. The molecule has 0 unspecified atom stereocenters. The molecule has 1 amide bonds. The summed E-state index contributed by atoms with van der Waals surface area (Å²) in [5.74, 6) is -0.895. The molecule has 2 aromatic carbocycles. The molecule has 0 atom stereocenters. The monoisotopic (exact) mass is 402 g/mol. The van der Waals surface area contributed by atoms with Gasteiger partial charge in [-0.05, 0) is 29.8 Å².